The van der Waals surface area contributed by atoms with Crippen LogP contribution < -0.4 is 15.5 Å². The van der Waals surface area contributed by atoms with Crippen LogP contribution in [-0.4, -0.2) is 32.4 Å². The highest BCUT2D eigenvalue weighted by atomic mass is 32.2. The largest absolute Gasteiger partial charge is 0.366 e. The first-order valence-corrected chi connectivity index (χ1v) is 6.33. The summed E-state index contributed by atoms with van der Waals surface area (Å²) < 4.78 is 25.5. The standard InChI is InChI=1S/C9H13N3O4S/c1-7(13)11-4-5-12-17(15,16)9-6-10-3-2-8(9)14/h2-3,6,12H,4-5H2,1H3,(H,10,14)(H,11,13). The number of hydrogen-bond donors (Lipinski definition) is 3. The predicted octanol–water partition coefficient (Wildman–Crippen LogP) is -1.21. The molecular weight excluding hydrogens is 246 g/mol. The van der Waals surface area contributed by atoms with Crippen LogP contribution in [0, 0.1) is 0 Å². The van der Waals surface area contributed by atoms with Gasteiger partial charge in [0.05, 0.1) is 0 Å². The number of nitrogens with one attached hydrogen (secondary N) is 3. The Bertz CT molecular complexity index is 549. The molecule has 94 valence electrons. The number of sulfonamides is 1. The van der Waals surface area contributed by atoms with Crippen LogP contribution in [0.5, 0.6) is 0 Å². The van der Waals surface area contributed by atoms with Gasteiger partial charge in [0.25, 0.3) is 0 Å². The Morgan fingerprint density at radius 3 is 2.71 bits per heavy atom. The lowest BCUT2D eigenvalue weighted by Crippen LogP contribution is -2.35. The number of pyridine rings is 1. The van der Waals surface area contributed by atoms with Gasteiger partial charge in [-0.05, 0) is 0 Å². The average molecular weight is 259 g/mol. The Labute approximate surface area is 98.3 Å². The molecule has 0 aliphatic rings. The van der Waals surface area contributed by atoms with Crippen molar-refractivity contribution in [2.75, 3.05) is 13.1 Å². The molecule has 0 atom stereocenters. The number of rotatable bonds is 5. The molecule has 7 nitrogen and oxygen atoms in total. The fourth-order valence-corrected chi connectivity index (χ4v) is 2.19. The number of aromatic amines is 1. The van der Waals surface area contributed by atoms with Gasteiger partial charge in [0.1, 0.15) is 4.90 Å². The molecule has 0 aliphatic heterocycles. The van der Waals surface area contributed by atoms with Crippen LogP contribution >= 0.6 is 0 Å². The second-order valence-corrected chi connectivity index (χ2v) is 4.99. The number of carbonyl (C=O) groups is 1. The average Bonchev–Trinajstić information content (AvgIpc) is 2.24. The summed E-state index contributed by atoms with van der Waals surface area (Å²) in [7, 11) is -3.83. The normalized spacial score (nSPS) is 11.1. The number of amides is 1. The van der Waals surface area contributed by atoms with Gasteiger partial charge in [-0.25, -0.2) is 13.1 Å². The first-order chi connectivity index (χ1) is 7.93. The predicted molar refractivity (Wildman–Crippen MR) is 60.9 cm³/mol. The molecule has 0 saturated heterocycles. The van der Waals surface area contributed by atoms with Crippen molar-refractivity contribution in [2.24, 2.45) is 0 Å². The fourth-order valence-electron chi connectivity index (χ4n) is 1.11. The SMILES string of the molecule is CC(=O)NCCNS(=O)(=O)c1c[nH]ccc1=O. The maximum absolute atomic E-state index is 11.7. The maximum atomic E-state index is 11.7. The molecule has 1 heterocycles. The van der Waals surface area contributed by atoms with Gasteiger partial charge in [-0.1, -0.05) is 0 Å². The van der Waals surface area contributed by atoms with Crippen LogP contribution in [0.25, 0.3) is 0 Å². The van der Waals surface area contributed by atoms with Crippen LogP contribution in [0.4, 0.5) is 0 Å². The van der Waals surface area contributed by atoms with Gasteiger partial charge in [-0.2, -0.15) is 0 Å². The monoisotopic (exact) mass is 259 g/mol. The van der Waals surface area contributed by atoms with Crippen LogP contribution in [0.3, 0.4) is 0 Å². The van der Waals surface area contributed by atoms with Crippen molar-refractivity contribution in [2.45, 2.75) is 11.8 Å². The molecule has 0 bridgehead atoms. The maximum Gasteiger partial charge on any atom is 0.245 e. The van der Waals surface area contributed by atoms with E-state index < -0.39 is 15.5 Å². The molecule has 0 unspecified atom stereocenters. The number of carbonyl (C=O) groups excluding carboxylic acids is 1. The van der Waals surface area contributed by atoms with Crippen molar-refractivity contribution < 1.29 is 13.2 Å². The topological polar surface area (TPSA) is 108 Å². The zero-order valence-corrected chi connectivity index (χ0v) is 10.0. The Balaban J connectivity index is 2.67. The third kappa shape index (κ3) is 4.00. The van der Waals surface area contributed by atoms with E-state index in [0.29, 0.717) is 0 Å². The minimum absolute atomic E-state index is 0.0241. The molecule has 1 rings (SSSR count). The quantitative estimate of drug-likeness (QED) is 0.576. The lowest BCUT2D eigenvalue weighted by atomic mass is 10.5. The molecule has 1 aromatic heterocycles. The summed E-state index contributed by atoms with van der Waals surface area (Å²) in [5, 5.41) is 2.43. The zero-order chi connectivity index (χ0) is 12.9. The van der Waals surface area contributed by atoms with Gasteiger partial charge in [0.2, 0.25) is 21.4 Å². The van der Waals surface area contributed by atoms with E-state index in [9.17, 15) is 18.0 Å². The molecule has 0 aliphatic carbocycles. The molecule has 0 aromatic carbocycles. The van der Waals surface area contributed by atoms with Crippen molar-refractivity contribution in [1.29, 1.82) is 0 Å². The lowest BCUT2D eigenvalue weighted by molar-refractivity contribution is -0.118. The summed E-state index contributed by atoms with van der Waals surface area (Å²) in [6, 6.07) is 1.13. The summed E-state index contributed by atoms with van der Waals surface area (Å²) in [5.41, 5.74) is -0.587. The van der Waals surface area contributed by atoms with Crippen molar-refractivity contribution >= 4 is 15.9 Å². The van der Waals surface area contributed by atoms with E-state index in [-0.39, 0.29) is 23.9 Å². The fraction of sp³-hybridized carbons (Fsp3) is 0.333. The van der Waals surface area contributed by atoms with E-state index in [1.54, 1.807) is 0 Å². The second-order valence-electron chi connectivity index (χ2n) is 3.25. The van der Waals surface area contributed by atoms with E-state index in [4.69, 9.17) is 0 Å². The smallest absolute Gasteiger partial charge is 0.245 e. The third-order valence-electron chi connectivity index (χ3n) is 1.87. The first-order valence-electron chi connectivity index (χ1n) is 4.84. The van der Waals surface area contributed by atoms with E-state index in [1.807, 2.05) is 0 Å². The van der Waals surface area contributed by atoms with Gasteiger partial charge in [0.15, 0.2) is 0 Å². The number of H-pyrrole nitrogens is 1. The first kappa shape index (κ1) is 13.4. The van der Waals surface area contributed by atoms with Gasteiger partial charge in [0, 0.05) is 38.5 Å². The van der Waals surface area contributed by atoms with E-state index in [0.717, 1.165) is 12.3 Å². The van der Waals surface area contributed by atoms with Crippen molar-refractivity contribution in [3.63, 3.8) is 0 Å². The van der Waals surface area contributed by atoms with Crippen molar-refractivity contribution in [1.82, 2.24) is 15.0 Å². The van der Waals surface area contributed by atoms with Crippen LogP contribution in [0.15, 0.2) is 28.2 Å². The van der Waals surface area contributed by atoms with Gasteiger partial charge in [-0.3, -0.25) is 9.59 Å². The lowest BCUT2D eigenvalue weighted by Gasteiger charge is -2.05. The molecule has 1 aromatic rings. The Hall–Kier alpha value is -1.67. The summed E-state index contributed by atoms with van der Waals surface area (Å²) in [5.74, 6) is -0.248. The molecule has 8 heteroatoms. The minimum Gasteiger partial charge on any atom is -0.366 e. The minimum atomic E-state index is -3.83. The number of hydrogen-bond acceptors (Lipinski definition) is 4. The Morgan fingerprint density at radius 1 is 1.41 bits per heavy atom. The second kappa shape index (κ2) is 5.60. The van der Waals surface area contributed by atoms with Gasteiger partial charge >= 0.3 is 0 Å². The van der Waals surface area contributed by atoms with Gasteiger partial charge < -0.3 is 10.3 Å². The van der Waals surface area contributed by atoms with Crippen LogP contribution in [0.1, 0.15) is 6.92 Å². The molecule has 0 saturated carbocycles. The Morgan fingerprint density at radius 2 is 2.12 bits per heavy atom. The highest BCUT2D eigenvalue weighted by Gasteiger charge is 2.16. The molecule has 0 radical (unpaired) electrons. The molecule has 0 spiro atoms. The van der Waals surface area contributed by atoms with Gasteiger partial charge in [-0.15, -0.1) is 0 Å². The summed E-state index contributed by atoms with van der Waals surface area (Å²) in [6.07, 6.45) is 2.46. The van der Waals surface area contributed by atoms with E-state index in [2.05, 4.69) is 15.0 Å². The molecule has 17 heavy (non-hydrogen) atoms. The molecular formula is C9H13N3O4S. The van der Waals surface area contributed by atoms with Crippen molar-refractivity contribution in [3.05, 3.63) is 28.7 Å². The van der Waals surface area contributed by atoms with Crippen LogP contribution in [0.2, 0.25) is 0 Å². The van der Waals surface area contributed by atoms with E-state index >= 15 is 0 Å². The number of aromatic nitrogens is 1. The molecule has 0 fully saturated rings. The molecule has 3 N–H and O–H groups in total. The van der Waals surface area contributed by atoms with E-state index in [1.165, 1.54) is 13.1 Å². The summed E-state index contributed by atoms with van der Waals surface area (Å²) in [4.78, 5) is 24.0. The molecule has 1 amide bonds. The Kier molecular flexibility index (Phi) is 4.41. The van der Waals surface area contributed by atoms with Crippen LogP contribution in [-0.2, 0) is 14.8 Å². The summed E-state index contributed by atoms with van der Waals surface area (Å²) >= 11 is 0. The third-order valence-corrected chi connectivity index (χ3v) is 3.35. The highest BCUT2D eigenvalue weighted by Crippen LogP contribution is 1.98. The van der Waals surface area contributed by atoms with Crippen molar-refractivity contribution in [3.8, 4) is 0 Å². The highest BCUT2D eigenvalue weighted by molar-refractivity contribution is 7.89. The summed E-state index contributed by atoms with van der Waals surface area (Å²) in [6.45, 7) is 1.52. The zero-order valence-electron chi connectivity index (χ0n) is 9.19.